The van der Waals surface area contributed by atoms with Gasteiger partial charge in [-0.2, -0.15) is 0 Å². The van der Waals surface area contributed by atoms with E-state index >= 15 is 0 Å². The lowest BCUT2D eigenvalue weighted by atomic mass is 10.2. The highest BCUT2D eigenvalue weighted by molar-refractivity contribution is 6.04. The number of pyridine rings is 1. The standard InChI is InChI=1S/C15H14N2O2/c1-2-10-19-14-5-3-4-13(11-14)17-15(18)12-6-8-16-9-7-12/h2-9,11H,1,10H2,(H,17,18). The molecule has 96 valence electrons. The molecule has 0 aliphatic carbocycles. The summed E-state index contributed by atoms with van der Waals surface area (Å²) in [6.07, 6.45) is 4.83. The number of hydrogen-bond donors (Lipinski definition) is 1. The Labute approximate surface area is 111 Å². The molecule has 0 atom stereocenters. The van der Waals surface area contributed by atoms with Gasteiger partial charge in [-0.3, -0.25) is 9.78 Å². The summed E-state index contributed by atoms with van der Waals surface area (Å²) >= 11 is 0. The molecule has 4 nitrogen and oxygen atoms in total. The summed E-state index contributed by atoms with van der Waals surface area (Å²) in [5, 5.41) is 2.80. The van der Waals surface area contributed by atoms with Crippen LogP contribution in [0, 0.1) is 0 Å². The SMILES string of the molecule is C=CCOc1cccc(NC(=O)c2ccncc2)c1. The second kappa shape index (κ2) is 6.35. The van der Waals surface area contributed by atoms with Gasteiger partial charge >= 0.3 is 0 Å². The number of anilines is 1. The summed E-state index contributed by atoms with van der Waals surface area (Å²) in [4.78, 5) is 15.8. The lowest BCUT2D eigenvalue weighted by Crippen LogP contribution is -2.11. The van der Waals surface area contributed by atoms with Gasteiger partial charge in [0.25, 0.3) is 5.91 Å². The first kappa shape index (κ1) is 12.8. The van der Waals surface area contributed by atoms with E-state index in [1.54, 1.807) is 42.7 Å². The fourth-order valence-electron chi connectivity index (χ4n) is 1.53. The van der Waals surface area contributed by atoms with Crippen LogP contribution in [0.25, 0.3) is 0 Å². The van der Waals surface area contributed by atoms with Gasteiger partial charge in [0.15, 0.2) is 0 Å². The fraction of sp³-hybridized carbons (Fsp3) is 0.0667. The molecule has 0 bridgehead atoms. The van der Waals surface area contributed by atoms with Crippen LogP contribution in [0.4, 0.5) is 5.69 Å². The second-order valence-electron chi connectivity index (χ2n) is 3.82. The van der Waals surface area contributed by atoms with Crippen LogP contribution in [0.2, 0.25) is 0 Å². The van der Waals surface area contributed by atoms with Gasteiger partial charge in [0.1, 0.15) is 12.4 Å². The predicted molar refractivity (Wildman–Crippen MR) is 74.3 cm³/mol. The van der Waals surface area contributed by atoms with Gasteiger partial charge in [0.05, 0.1) is 0 Å². The Balaban J connectivity index is 2.06. The summed E-state index contributed by atoms with van der Waals surface area (Å²) in [7, 11) is 0. The molecule has 0 unspecified atom stereocenters. The maximum atomic E-state index is 11.9. The Bertz CT molecular complexity index is 567. The molecule has 4 heteroatoms. The minimum atomic E-state index is -0.178. The first-order chi connectivity index (χ1) is 9.29. The normalized spacial score (nSPS) is 9.68. The van der Waals surface area contributed by atoms with Crippen molar-refractivity contribution < 1.29 is 9.53 Å². The van der Waals surface area contributed by atoms with Crippen LogP contribution < -0.4 is 10.1 Å². The van der Waals surface area contributed by atoms with Gasteiger partial charge in [-0.05, 0) is 24.3 Å². The van der Waals surface area contributed by atoms with Crippen molar-refractivity contribution in [2.45, 2.75) is 0 Å². The minimum Gasteiger partial charge on any atom is -0.489 e. The Kier molecular flexibility index (Phi) is 4.29. The average Bonchev–Trinajstić information content (AvgIpc) is 2.46. The monoisotopic (exact) mass is 254 g/mol. The van der Waals surface area contributed by atoms with E-state index in [4.69, 9.17) is 4.74 Å². The molecule has 19 heavy (non-hydrogen) atoms. The zero-order valence-electron chi connectivity index (χ0n) is 10.4. The van der Waals surface area contributed by atoms with Crippen LogP contribution in [-0.4, -0.2) is 17.5 Å². The van der Waals surface area contributed by atoms with Crippen molar-refractivity contribution in [2.75, 3.05) is 11.9 Å². The van der Waals surface area contributed by atoms with Gasteiger partial charge < -0.3 is 10.1 Å². The third-order valence-electron chi connectivity index (χ3n) is 2.40. The van der Waals surface area contributed by atoms with Crippen molar-refractivity contribution in [3.05, 3.63) is 67.0 Å². The van der Waals surface area contributed by atoms with Gasteiger partial charge in [0, 0.05) is 29.7 Å². The maximum Gasteiger partial charge on any atom is 0.255 e. The van der Waals surface area contributed by atoms with Gasteiger partial charge in [-0.25, -0.2) is 0 Å². The lowest BCUT2D eigenvalue weighted by Gasteiger charge is -2.08. The number of aromatic nitrogens is 1. The number of carbonyl (C=O) groups is 1. The van der Waals surface area contributed by atoms with Gasteiger partial charge in [0.2, 0.25) is 0 Å². The molecule has 0 saturated heterocycles. The van der Waals surface area contributed by atoms with Crippen LogP contribution in [0.3, 0.4) is 0 Å². The molecule has 0 saturated carbocycles. The van der Waals surface area contributed by atoms with Crippen LogP contribution in [0.5, 0.6) is 5.75 Å². The zero-order chi connectivity index (χ0) is 13.5. The van der Waals surface area contributed by atoms with Crippen molar-refractivity contribution in [1.82, 2.24) is 4.98 Å². The van der Waals surface area contributed by atoms with E-state index in [9.17, 15) is 4.79 Å². The molecule has 1 N–H and O–H groups in total. The molecule has 0 spiro atoms. The highest BCUT2D eigenvalue weighted by atomic mass is 16.5. The molecule has 1 heterocycles. The zero-order valence-corrected chi connectivity index (χ0v) is 10.4. The number of rotatable bonds is 5. The van der Waals surface area contributed by atoms with Crippen molar-refractivity contribution in [3.8, 4) is 5.75 Å². The quantitative estimate of drug-likeness (QED) is 0.835. The number of nitrogens with one attached hydrogen (secondary N) is 1. The van der Waals surface area contributed by atoms with E-state index in [-0.39, 0.29) is 5.91 Å². The summed E-state index contributed by atoms with van der Waals surface area (Å²) in [5.41, 5.74) is 1.25. The van der Waals surface area contributed by atoms with Crippen molar-refractivity contribution in [1.29, 1.82) is 0 Å². The minimum absolute atomic E-state index is 0.178. The average molecular weight is 254 g/mol. The van der Waals surface area contributed by atoms with Crippen molar-refractivity contribution in [3.63, 3.8) is 0 Å². The molecule has 0 aliphatic rings. The van der Waals surface area contributed by atoms with Gasteiger partial charge in [-0.1, -0.05) is 18.7 Å². The Hall–Kier alpha value is -2.62. The van der Waals surface area contributed by atoms with E-state index in [2.05, 4.69) is 16.9 Å². The number of hydrogen-bond acceptors (Lipinski definition) is 3. The van der Waals surface area contributed by atoms with Crippen molar-refractivity contribution in [2.24, 2.45) is 0 Å². The summed E-state index contributed by atoms with van der Waals surface area (Å²) in [6, 6.07) is 10.5. The van der Waals surface area contributed by atoms with E-state index in [0.717, 1.165) is 0 Å². The van der Waals surface area contributed by atoms with E-state index in [1.165, 1.54) is 0 Å². The van der Waals surface area contributed by atoms with Gasteiger partial charge in [-0.15, -0.1) is 0 Å². The van der Waals surface area contributed by atoms with E-state index in [0.29, 0.717) is 23.6 Å². The summed E-state index contributed by atoms with van der Waals surface area (Å²) in [6.45, 7) is 4.02. The van der Waals surface area contributed by atoms with Crippen LogP contribution in [0.1, 0.15) is 10.4 Å². The lowest BCUT2D eigenvalue weighted by molar-refractivity contribution is 0.102. The highest BCUT2D eigenvalue weighted by Crippen LogP contribution is 2.18. The first-order valence-electron chi connectivity index (χ1n) is 5.85. The van der Waals surface area contributed by atoms with E-state index in [1.807, 2.05) is 12.1 Å². The molecule has 1 aromatic carbocycles. The maximum absolute atomic E-state index is 11.9. The Morgan fingerprint density at radius 2 is 2.11 bits per heavy atom. The molecule has 1 amide bonds. The van der Waals surface area contributed by atoms with Crippen molar-refractivity contribution >= 4 is 11.6 Å². The second-order valence-corrected chi connectivity index (χ2v) is 3.82. The molecule has 2 rings (SSSR count). The first-order valence-corrected chi connectivity index (χ1v) is 5.85. The third-order valence-corrected chi connectivity index (χ3v) is 2.40. The highest BCUT2D eigenvalue weighted by Gasteiger charge is 2.05. The number of carbonyl (C=O) groups excluding carboxylic acids is 1. The fourth-order valence-corrected chi connectivity index (χ4v) is 1.53. The van der Waals surface area contributed by atoms with Crippen LogP contribution in [-0.2, 0) is 0 Å². The number of benzene rings is 1. The molecule has 0 aliphatic heterocycles. The molecular formula is C15H14N2O2. The Morgan fingerprint density at radius 3 is 2.84 bits per heavy atom. The molecule has 1 aromatic heterocycles. The number of nitrogens with zero attached hydrogens (tertiary/aromatic N) is 1. The largest absolute Gasteiger partial charge is 0.489 e. The third kappa shape index (κ3) is 3.67. The van der Waals surface area contributed by atoms with Crippen LogP contribution >= 0.6 is 0 Å². The number of ether oxygens (including phenoxy) is 1. The summed E-state index contributed by atoms with van der Waals surface area (Å²) in [5.74, 6) is 0.510. The van der Waals surface area contributed by atoms with Crippen LogP contribution in [0.15, 0.2) is 61.4 Å². The molecule has 0 fully saturated rings. The topological polar surface area (TPSA) is 51.2 Å². The molecular weight excluding hydrogens is 240 g/mol. The smallest absolute Gasteiger partial charge is 0.255 e. The molecule has 2 aromatic rings. The number of amides is 1. The predicted octanol–water partition coefficient (Wildman–Crippen LogP) is 2.90. The summed E-state index contributed by atoms with van der Waals surface area (Å²) < 4.78 is 5.40. The molecule has 0 radical (unpaired) electrons. The Morgan fingerprint density at radius 1 is 1.32 bits per heavy atom. The van der Waals surface area contributed by atoms with E-state index < -0.39 is 0 Å².